The average molecular weight is 221 g/mol. The topological polar surface area (TPSA) is 59.3 Å². The molecule has 1 aliphatic rings. The molecular weight excluding hydrogens is 206 g/mol. The van der Waals surface area contributed by atoms with Gasteiger partial charge in [-0.2, -0.15) is 0 Å². The summed E-state index contributed by atoms with van der Waals surface area (Å²) in [7, 11) is 1.97. The van der Waals surface area contributed by atoms with E-state index in [0.29, 0.717) is 0 Å². The first-order valence-corrected chi connectivity index (χ1v) is 5.48. The van der Waals surface area contributed by atoms with Gasteiger partial charge in [-0.1, -0.05) is 12.8 Å². The van der Waals surface area contributed by atoms with E-state index < -0.39 is 4.92 Å². The molecule has 0 N–H and O–H groups in total. The zero-order valence-corrected chi connectivity index (χ0v) is 9.30. The number of rotatable bonds is 5. The van der Waals surface area contributed by atoms with Gasteiger partial charge in [0.15, 0.2) is 0 Å². The third-order valence-corrected chi connectivity index (χ3v) is 2.90. The van der Waals surface area contributed by atoms with E-state index in [1.54, 1.807) is 6.07 Å². The zero-order valence-electron chi connectivity index (χ0n) is 9.30. The second-order valence-electron chi connectivity index (χ2n) is 4.29. The van der Waals surface area contributed by atoms with E-state index in [1.165, 1.54) is 31.5 Å². The predicted octanol–water partition coefficient (Wildman–Crippen LogP) is 2.23. The van der Waals surface area contributed by atoms with Crippen LogP contribution in [-0.4, -0.2) is 23.5 Å². The number of aromatic nitrogens is 1. The van der Waals surface area contributed by atoms with Crippen LogP contribution in [-0.2, 0) is 0 Å². The number of pyridine rings is 1. The van der Waals surface area contributed by atoms with Gasteiger partial charge >= 0.3 is 0 Å². The highest BCUT2D eigenvalue weighted by Gasteiger charge is 2.21. The molecule has 0 bridgehead atoms. The molecular formula is C11H15N3O2. The minimum atomic E-state index is -0.430. The Balaban J connectivity index is 1.93. The zero-order chi connectivity index (χ0) is 11.5. The normalized spacial score (nSPS) is 14.8. The third kappa shape index (κ3) is 2.68. The molecule has 0 unspecified atom stereocenters. The van der Waals surface area contributed by atoms with Crippen molar-refractivity contribution in [1.82, 2.24) is 4.98 Å². The summed E-state index contributed by atoms with van der Waals surface area (Å²) in [5.41, 5.74) is 0.0411. The van der Waals surface area contributed by atoms with E-state index >= 15 is 0 Å². The van der Waals surface area contributed by atoms with Crippen LogP contribution in [0, 0.1) is 16.0 Å². The lowest BCUT2D eigenvalue weighted by molar-refractivity contribution is -0.385. The van der Waals surface area contributed by atoms with Crippen molar-refractivity contribution in [3.05, 3.63) is 28.4 Å². The fourth-order valence-electron chi connectivity index (χ4n) is 1.61. The molecule has 0 aromatic carbocycles. The number of nitrogens with zero attached hydrogens (tertiary/aromatic N) is 3. The molecule has 0 amide bonds. The van der Waals surface area contributed by atoms with Crippen LogP contribution in [0.2, 0.25) is 0 Å². The maximum atomic E-state index is 10.5. The van der Waals surface area contributed by atoms with Crippen LogP contribution in [0.1, 0.15) is 19.3 Å². The van der Waals surface area contributed by atoms with Gasteiger partial charge in [0.05, 0.1) is 4.92 Å². The molecule has 0 saturated heterocycles. The summed E-state index contributed by atoms with van der Waals surface area (Å²) < 4.78 is 0. The van der Waals surface area contributed by atoms with E-state index in [2.05, 4.69) is 4.98 Å². The van der Waals surface area contributed by atoms with Crippen molar-refractivity contribution in [2.24, 2.45) is 5.92 Å². The molecule has 16 heavy (non-hydrogen) atoms. The Morgan fingerprint density at radius 1 is 1.56 bits per heavy atom. The van der Waals surface area contributed by atoms with Crippen LogP contribution < -0.4 is 4.90 Å². The highest BCUT2D eigenvalue weighted by atomic mass is 16.6. The maximum Gasteiger partial charge on any atom is 0.287 e. The van der Waals surface area contributed by atoms with Crippen LogP contribution in [0.5, 0.6) is 0 Å². The summed E-state index contributed by atoms with van der Waals surface area (Å²) >= 11 is 0. The molecule has 86 valence electrons. The van der Waals surface area contributed by atoms with Gasteiger partial charge in [0.1, 0.15) is 12.0 Å². The second kappa shape index (κ2) is 4.47. The number of hydrogen-bond acceptors (Lipinski definition) is 4. The molecule has 1 saturated carbocycles. The molecule has 1 aliphatic carbocycles. The third-order valence-electron chi connectivity index (χ3n) is 2.90. The van der Waals surface area contributed by atoms with Crippen molar-refractivity contribution in [1.29, 1.82) is 0 Å². The summed E-state index contributed by atoms with van der Waals surface area (Å²) in [6, 6.07) is 3.20. The lowest BCUT2D eigenvalue weighted by atomic mass is 10.3. The van der Waals surface area contributed by atoms with E-state index in [4.69, 9.17) is 0 Å². The minimum Gasteiger partial charge on any atom is -0.360 e. The van der Waals surface area contributed by atoms with Gasteiger partial charge in [0.25, 0.3) is 5.69 Å². The molecule has 5 heteroatoms. The van der Waals surface area contributed by atoms with Gasteiger partial charge in [0.2, 0.25) is 0 Å². The first-order valence-electron chi connectivity index (χ1n) is 5.48. The molecule has 2 rings (SSSR count). The fraction of sp³-hybridized carbons (Fsp3) is 0.545. The van der Waals surface area contributed by atoms with Crippen molar-refractivity contribution in [3.63, 3.8) is 0 Å². The molecule has 0 radical (unpaired) electrons. The van der Waals surface area contributed by atoms with Crippen LogP contribution in [0.3, 0.4) is 0 Å². The quantitative estimate of drug-likeness (QED) is 0.565. The lowest BCUT2D eigenvalue weighted by Crippen LogP contribution is -2.19. The van der Waals surface area contributed by atoms with Crippen molar-refractivity contribution >= 4 is 11.5 Å². The molecule has 1 aromatic rings. The monoisotopic (exact) mass is 221 g/mol. The van der Waals surface area contributed by atoms with Gasteiger partial charge in [0, 0.05) is 19.7 Å². The molecule has 1 fully saturated rings. The van der Waals surface area contributed by atoms with Gasteiger partial charge in [-0.3, -0.25) is 10.1 Å². The summed E-state index contributed by atoms with van der Waals surface area (Å²) in [5.74, 6) is 1.69. The molecule has 1 heterocycles. The van der Waals surface area contributed by atoms with E-state index in [-0.39, 0.29) is 5.69 Å². The van der Waals surface area contributed by atoms with Gasteiger partial charge in [-0.25, -0.2) is 4.98 Å². The average Bonchev–Trinajstić information content (AvgIpc) is 3.10. The van der Waals surface area contributed by atoms with E-state index in [0.717, 1.165) is 18.3 Å². The van der Waals surface area contributed by atoms with Crippen LogP contribution >= 0.6 is 0 Å². The van der Waals surface area contributed by atoms with Crippen molar-refractivity contribution in [2.45, 2.75) is 19.3 Å². The summed E-state index contributed by atoms with van der Waals surface area (Å²) in [5, 5.41) is 10.5. The Labute approximate surface area is 94.2 Å². The van der Waals surface area contributed by atoms with Crippen LogP contribution in [0.4, 0.5) is 11.5 Å². The fourth-order valence-corrected chi connectivity index (χ4v) is 1.61. The lowest BCUT2D eigenvalue weighted by Gasteiger charge is -2.17. The molecule has 0 atom stereocenters. The van der Waals surface area contributed by atoms with Crippen molar-refractivity contribution < 1.29 is 4.92 Å². The highest BCUT2D eigenvalue weighted by molar-refractivity contribution is 5.41. The Morgan fingerprint density at radius 3 is 2.81 bits per heavy atom. The van der Waals surface area contributed by atoms with Gasteiger partial charge < -0.3 is 4.90 Å². The Hall–Kier alpha value is -1.65. The maximum absolute atomic E-state index is 10.5. The summed E-state index contributed by atoms with van der Waals surface area (Å²) in [6.07, 6.45) is 5.20. The Bertz CT molecular complexity index is 373. The number of anilines is 1. The predicted molar refractivity (Wildman–Crippen MR) is 61.5 cm³/mol. The SMILES string of the molecule is CN(CCC1CC1)c1ccc([N+](=O)[O-])cn1. The molecule has 5 nitrogen and oxygen atoms in total. The van der Waals surface area contributed by atoms with Crippen LogP contribution in [0.25, 0.3) is 0 Å². The minimum absolute atomic E-state index is 0.0411. The highest BCUT2D eigenvalue weighted by Crippen LogP contribution is 2.32. The largest absolute Gasteiger partial charge is 0.360 e. The Morgan fingerprint density at radius 2 is 2.31 bits per heavy atom. The van der Waals surface area contributed by atoms with Gasteiger partial charge in [-0.05, 0) is 18.4 Å². The summed E-state index contributed by atoms with van der Waals surface area (Å²) in [6.45, 7) is 0.968. The number of hydrogen-bond donors (Lipinski definition) is 0. The van der Waals surface area contributed by atoms with E-state index in [9.17, 15) is 10.1 Å². The smallest absolute Gasteiger partial charge is 0.287 e. The molecule has 0 aliphatic heterocycles. The Kier molecular flexibility index (Phi) is 3.03. The standard InChI is InChI=1S/C11H15N3O2/c1-13(7-6-9-2-3-9)11-5-4-10(8-12-11)14(15)16/h4-5,8-9H,2-3,6-7H2,1H3. The van der Waals surface area contributed by atoms with Crippen molar-refractivity contribution in [3.8, 4) is 0 Å². The number of nitro groups is 1. The molecule has 0 spiro atoms. The van der Waals surface area contributed by atoms with Crippen molar-refractivity contribution in [2.75, 3.05) is 18.5 Å². The molecule has 1 aromatic heterocycles. The first-order chi connectivity index (χ1) is 7.66. The second-order valence-corrected chi connectivity index (χ2v) is 4.29. The van der Waals surface area contributed by atoms with Gasteiger partial charge in [-0.15, -0.1) is 0 Å². The van der Waals surface area contributed by atoms with E-state index in [1.807, 2.05) is 11.9 Å². The first kappa shape index (κ1) is 10.9. The van der Waals surface area contributed by atoms with Crippen LogP contribution in [0.15, 0.2) is 18.3 Å². The summed E-state index contributed by atoms with van der Waals surface area (Å²) in [4.78, 5) is 16.2.